The van der Waals surface area contributed by atoms with Gasteiger partial charge < -0.3 is 14.4 Å². The number of aliphatic hydroxyl groups is 1. The fraction of sp³-hybridized carbons (Fsp3) is 0.269. The van der Waals surface area contributed by atoms with Gasteiger partial charge in [-0.1, -0.05) is 55.3 Å². The number of imidazole rings is 1. The van der Waals surface area contributed by atoms with Crippen molar-refractivity contribution in [1.29, 1.82) is 0 Å². The van der Waals surface area contributed by atoms with E-state index in [1.165, 1.54) is 7.11 Å². The van der Waals surface area contributed by atoms with Gasteiger partial charge in [-0.15, -0.1) is 0 Å². The van der Waals surface area contributed by atoms with E-state index in [0.29, 0.717) is 28.6 Å². The number of nitrogens with zero attached hydrogens (tertiary/aromatic N) is 3. The Labute approximate surface area is 197 Å². The molecule has 0 aliphatic carbocycles. The lowest BCUT2D eigenvalue weighted by atomic mass is 10.0. The number of halogens is 1. The monoisotopic (exact) mass is 463 g/mol. The molecule has 1 N–H and O–H groups in total. The van der Waals surface area contributed by atoms with Crippen molar-refractivity contribution in [1.82, 2.24) is 14.5 Å². The number of carbonyl (C=O) groups excluding carboxylic acids is 1. The van der Waals surface area contributed by atoms with Gasteiger partial charge in [-0.05, 0) is 36.2 Å². The number of hydrogen-bond acceptors (Lipinski definition) is 5. The van der Waals surface area contributed by atoms with E-state index in [9.17, 15) is 9.90 Å². The standard InChI is InChI=1S/C26H26ClN3O3/c1-3-4-9-24-29-25(27)23(16-31)30(24)15-17-10-12-21-18(14-17)11-13-22(28-21)19-7-5-6-8-20(19)26(32)33-2/h5-8,10-14,31H,3-4,9,15-16H2,1-2H3. The summed E-state index contributed by atoms with van der Waals surface area (Å²) < 4.78 is 6.92. The van der Waals surface area contributed by atoms with Crippen LogP contribution in [0.5, 0.6) is 0 Å². The number of aryl methyl sites for hydroxylation is 1. The number of rotatable bonds is 8. The summed E-state index contributed by atoms with van der Waals surface area (Å²) in [6.07, 6.45) is 2.88. The second-order valence-electron chi connectivity index (χ2n) is 7.87. The Hall–Kier alpha value is -3.22. The van der Waals surface area contributed by atoms with Crippen molar-refractivity contribution in [3.8, 4) is 11.3 Å². The zero-order chi connectivity index (χ0) is 23.4. The maximum atomic E-state index is 12.2. The Kier molecular flexibility index (Phi) is 7.06. The summed E-state index contributed by atoms with van der Waals surface area (Å²) in [5.74, 6) is 0.499. The van der Waals surface area contributed by atoms with Crippen LogP contribution >= 0.6 is 11.6 Å². The van der Waals surface area contributed by atoms with Gasteiger partial charge in [0, 0.05) is 23.9 Å². The van der Waals surface area contributed by atoms with Gasteiger partial charge in [0.25, 0.3) is 0 Å². The fourth-order valence-corrected chi connectivity index (χ4v) is 4.23. The normalized spacial score (nSPS) is 11.2. The molecule has 6 nitrogen and oxygen atoms in total. The predicted octanol–water partition coefficient (Wildman–Crippen LogP) is 5.42. The molecule has 0 saturated heterocycles. The number of unbranched alkanes of at least 4 members (excludes halogenated alkanes) is 1. The first kappa shape index (κ1) is 23.0. The highest BCUT2D eigenvalue weighted by Crippen LogP contribution is 2.26. The summed E-state index contributed by atoms with van der Waals surface area (Å²) in [7, 11) is 1.37. The molecular weight excluding hydrogens is 438 g/mol. The topological polar surface area (TPSA) is 77.2 Å². The van der Waals surface area contributed by atoms with E-state index in [1.54, 1.807) is 12.1 Å². The largest absolute Gasteiger partial charge is 0.465 e. The van der Waals surface area contributed by atoms with Crippen molar-refractivity contribution in [2.75, 3.05) is 7.11 Å². The minimum absolute atomic E-state index is 0.157. The third kappa shape index (κ3) is 4.77. The second-order valence-corrected chi connectivity index (χ2v) is 8.23. The maximum Gasteiger partial charge on any atom is 0.338 e. The molecule has 2 aromatic heterocycles. The Morgan fingerprint density at radius 3 is 2.70 bits per heavy atom. The Bertz CT molecular complexity index is 1300. The predicted molar refractivity (Wildman–Crippen MR) is 129 cm³/mol. The zero-order valence-electron chi connectivity index (χ0n) is 18.7. The molecule has 2 aromatic carbocycles. The van der Waals surface area contributed by atoms with Crippen LogP contribution in [0.15, 0.2) is 54.6 Å². The minimum atomic E-state index is -0.389. The van der Waals surface area contributed by atoms with Gasteiger partial charge in [0.15, 0.2) is 5.15 Å². The van der Waals surface area contributed by atoms with Gasteiger partial charge in [-0.25, -0.2) is 14.8 Å². The van der Waals surface area contributed by atoms with Gasteiger partial charge in [-0.3, -0.25) is 0 Å². The molecule has 0 aliphatic rings. The quantitative estimate of drug-likeness (QED) is 0.353. The molecular formula is C26H26ClN3O3. The molecule has 4 aromatic rings. The van der Waals surface area contributed by atoms with Crippen molar-refractivity contribution in [3.05, 3.63) is 82.4 Å². The smallest absolute Gasteiger partial charge is 0.338 e. The molecule has 0 unspecified atom stereocenters. The van der Waals surface area contributed by atoms with Crippen LogP contribution in [0.4, 0.5) is 0 Å². The number of benzene rings is 2. The molecule has 0 radical (unpaired) electrons. The second kappa shape index (κ2) is 10.1. The first-order valence-corrected chi connectivity index (χ1v) is 11.4. The van der Waals surface area contributed by atoms with Crippen LogP contribution in [0, 0.1) is 0 Å². The van der Waals surface area contributed by atoms with Crippen molar-refractivity contribution >= 4 is 28.5 Å². The molecule has 0 atom stereocenters. The molecule has 0 bridgehead atoms. The van der Waals surface area contributed by atoms with E-state index < -0.39 is 0 Å². The number of ether oxygens (including phenoxy) is 1. The Morgan fingerprint density at radius 2 is 1.94 bits per heavy atom. The highest BCUT2D eigenvalue weighted by molar-refractivity contribution is 6.30. The van der Waals surface area contributed by atoms with E-state index in [0.717, 1.165) is 47.1 Å². The van der Waals surface area contributed by atoms with Crippen LogP contribution in [0.3, 0.4) is 0 Å². The van der Waals surface area contributed by atoms with Gasteiger partial charge in [0.05, 0.1) is 36.2 Å². The number of pyridine rings is 1. The van der Waals surface area contributed by atoms with Crippen molar-refractivity contribution in [3.63, 3.8) is 0 Å². The molecule has 2 heterocycles. The van der Waals surface area contributed by atoms with Crippen molar-refractivity contribution in [2.45, 2.75) is 39.3 Å². The molecule has 4 rings (SSSR count). The van der Waals surface area contributed by atoms with E-state index in [1.807, 2.05) is 41.0 Å². The Morgan fingerprint density at radius 1 is 1.12 bits per heavy atom. The van der Waals surface area contributed by atoms with Crippen LogP contribution in [0.1, 0.15) is 47.2 Å². The third-order valence-corrected chi connectivity index (χ3v) is 6.01. The highest BCUT2D eigenvalue weighted by Gasteiger charge is 2.16. The van der Waals surface area contributed by atoms with E-state index in [4.69, 9.17) is 21.3 Å². The molecule has 0 amide bonds. The number of fused-ring (bicyclic) bond motifs is 1. The number of aromatic nitrogens is 3. The van der Waals surface area contributed by atoms with E-state index in [2.05, 4.69) is 18.0 Å². The number of carbonyl (C=O) groups is 1. The third-order valence-electron chi connectivity index (χ3n) is 5.71. The fourth-order valence-electron chi connectivity index (χ4n) is 3.97. The lowest BCUT2D eigenvalue weighted by Gasteiger charge is -2.12. The molecule has 7 heteroatoms. The van der Waals surface area contributed by atoms with Gasteiger partial charge in [-0.2, -0.15) is 0 Å². The first-order chi connectivity index (χ1) is 16.0. The lowest BCUT2D eigenvalue weighted by Crippen LogP contribution is -2.09. The summed E-state index contributed by atoms with van der Waals surface area (Å²) in [5.41, 5.74) is 4.45. The molecule has 0 spiro atoms. The summed E-state index contributed by atoms with van der Waals surface area (Å²) >= 11 is 6.28. The molecule has 170 valence electrons. The summed E-state index contributed by atoms with van der Waals surface area (Å²) in [5, 5.41) is 11.2. The van der Waals surface area contributed by atoms with Crippen molar-refractivity contribution < 1.29 is 14.6 Å². The molecule has 0 fully saturated rings. The van der Waals surface area contributed by atoms with Gasteiger partial charge in [0.1, 0.15) is 5.82 Å². The van der Waals surface area contributed by atoms with Crippen LogP contribution < -0.4 is 0 Å². The van der Waals surface area contributed by atoms with Crippen LogP contribution in [0.25, 0.3) is 22.2 Å². The van der Waals surface area contributed by atoms with Crippen LogP contribution in [-0.4, -0.2) is 32.7 Å². The Balaban J connectivity index is 1.67. The van der Waals surface area contributed by atoms with Crippen LogP contribution in [0.2, 0.25) is 5.15 Å². The number of aliphatic hydroxyl groups excluding tert-OH is 1. The first-order valence-electron chi connectivity index (χ1n) is 11.0. The maximum absolute atomic E-state index is 12.2. The lowest BCUT2D eigenvalue weighted by molar-refractivity contribution is 0.0601. The summed E-state index contributed by atoms with van der Waals surface area (Å²) in [4.78, 5) is 21.4. The number of esters is 1. The highest BCUT2D eigenvalue weighted by atomic mass is 35.5. The van der Waals surface area contributed by atoms with Gasteiger partial charge in [0.2, 0.25) is 0 Å². The number of methoxy groups -OCH3 is 1. The van der Waals surface area contributed by atoms with Crippen LogP contribution in [-0.2, 0) is 24.3 Å². The van der Waals surface area contributed by atoms with Gasteiger partial charge >= 0.3 is 5.97 Å². The minimum Gasteiger partial charge on any atom is -0.465 e. The molecule has 33 heavy (non-hydrogen) atoms. The summed E-state index contributed by atoms with van der Waals surface area (Å²) in [6.45, 7) is 2.55. The van der Waals surface area contributed by atoms with E-state index in [-0.39, 0.29) is 12.6 Å². The van der Waals surface area contributed by atoms with E-state index >= 15 is 0 Å². The zero-order valence-corrected chi connectivity index (χ0v) is 19.5. The van der Waals surface area contributed by atoms with Crippen molar-refractivity contribution in [2.24, 2.45) is 0 Å². The molecule has 0 aliphatic heterocycles. The number of hydrogen-bond donors (Lipinski definition) is 1. The average Bonchev–Trinajstić information content (AvgIpc) is 3.15. The molecule has 0 saturated carbocycles. The summed E-state index contributed by atoms with van der Waals surface area (Å²) in [6, 6.07) is 17.3. The SMILES string of the molecule is CCCCc1nc(Cl)c(CO)n1Cc1ccc2nc(-c3ccccc3C(=O)OC)ccc2c1. The average molecular weight is 464 g/mol.